The number of nitrogens with one attached hydrogen (secondary N) is 6. The van der Waals surface area contributed by atoms with E-state index in [2.05, 4.69) is 35.9 Å². The minimum atomic E-state index is -0.728. The molecule has 0 radical (unpaired) electrons. The van der Waals surface area contributed by atoms with Crippen LogP contribution in [0.2, 0.25) is 0 Å². The molecule has 4 aromatic rings. The molecule has 3 aliphatic heterocycles. The molecule has 6 N–H and O–H groups in total. The van der Waals surface area contributed by atoms with Crippen LogP contribution in [-0.4, -0.2) is 94.1 Å². The summed E-state index contributed by atoms with van der Waals surface area (Å²) in [6.45, 7) is 8.65. The van der Waals surface area contributed by atoms with E-state index in [0.717, 1.165) is 63.8 Å². The van der Waals surface area contributed by atoms with Crippen LogP contribution in [0.5, 0.6) is 0 Å². The number of hydrogen-bond acceptors (Lipinski definition) is 9. The first-order valence-corrected chi connectivity index (χ1v) is 20.4. The molecule has 0 bridgehead atoms. The number of aromatic amines is 3. The summed E-state index contributed by atoms with van der Waals surface area (Å²) in [6.07, 6.45) is 5.39. The van der Waals surface area contributed by atoms with Crippen molar-refractivity contribution in [2.24, 2.45) is 11.8 Å². The monoisotopic (exact) mass is 812 g/mol. The molecule has 0 aliphatic carbocycles. The second-order valence-electron chi connectivity index (χ2n) is 15.5. The lowest BCUT2D eigenvalue weighted by atomic mass is 10.0. The van der Waals surface area contributed by atoms with Gasteiger partial charge in [0.1, 0.15) is 30.1 Å². The zero-order chi connectivity index (χ0) is 41.2. The van der Waals surface area contributed by atoms with Crippen molar-refractivity contribution >= 4 is 47.4 Å². The Morgan fingerprint density at radius 2 is 1.40 bits per heavy atom. The van der Waals surface area contributed by atoms with Gasteiger partial charge in [-0.2, -0.15) is 0 Å². The molecule has 0 saturated carbocycles. The first-order valence-electron chi connectivity index (χ1n) is 19.6. The number of aromatic nitrogens is 4. The maximum Gasteiger partial charge on any atom is 0.407 e. The molecule has 58 heavy (non-hydrogen) atoms. The highest BCUT2D eigenvalue weighted by molar-refractivity contribution is 7.99. The van der Waals surface area contributed by atoms with E-state index in [1.54, 1.807) is 16.0 Å². The van der Waals surface area contributed by atoms with Gasteiger partial charge in [-0.1, -0.05) is 45.5 Å². The van der Waals surface area contributed by atoms with Gasteiger partial charge in [0.05, 0.1) is 43.4 Å². The van der Waals surface area contributed by atoms with Gasteiger partial charge >= 0.3 is 12.2 Å². The number of benzene rings is 2. The average molecular weight is 813 g/mol. The van der Waals surface area contributed by atoms with Crippen molar-refractivity contribution < 1.29 is 38.4 Å². The Hall–Kier alpha value is -5.84. The normalized spacial score (nSPS) is 18.6. The Bertz CT molecular complexity index is 2220. The van der Waals surface area contributed by atoms with E-state index in [4.69, 9.17) is 9.47 Å². The van der Waals surface area contributed by atoms with E-state index < -0.39 is 24.3 Å². The standard InChI is InChI=1S/C41H49N9O7S/c1-21(2)33(47-40(54)56-5)38(52)49-15-7-9-29(49)35-42-19-27(44-35)23-11-13-31-25(17-23)37(51)46-26-18-24(12-14-32(26)58-31)28-20-43-36(45-28)30-10-8-16-50(30)39(53)34(22(3)4)48-41(55)57-6/h11-14,17-22,29-30,33-34H,7-10,15-16H2,1-6H3,(H,42,44)(H,43,45)(H,46,51)(H,47,54)(H,48,55)/p+1/t29-,30-,33-,34-/m0/s1. The van der Waals surface area contributed by atoms with E-state index in [0.29, 0.717) is 30.2 Å². The topological polar surface area (TPSA) is 205 Å². The predicted octanol–water partition coefficient (Wildman–Crippen LogP) is 5.69. The summed E-state index contributed by atoms with van der Waals surface area (Å²) in [5, 5.41) is 8.48. The van der Waals surface area contributed by atoms with E-state index >= 15 is 0 Å². The van der Waals surface area contributed by atoms with Crippen LogP contribution < -0.4 is 20.9 Å². The summed E-state index contributed by atoms with van der Waals surface area (Å²) >= 11 is 1.50. The first-order chi connectivity index (χ1) is 27.9. The van der Waals surface area contributed by atoms with Crippen LogP contribution in [0, 0.1) is 11.8 Å². The number of amides is 5. The summed E-state index contributed by atoms with van der Waals surface area (Å²) in [5.74, 6) is 0.556. The third kappa shape index (κ3) is 8.12. The molecule has 7 rings (SSSR count). The number of H-pyrrole nitrogens is 3. The quantitative estimate of drug-likeness (QED) is 0.133. The molecular weight excluding hydrogens is 763 g/mol. The number of alkyl carbamates (subject to hydrolysis) is 2. The number of likely N-dealkylation sites (tertiary alicyclic amines) is 2. The van der Waals surface area contributed by atoms with E-state index in [1.165, 1.54) is 26.0 Å². The smallest absolute Gasteiger partial charge is 0.407 e. The van der Waals surface area contributed by atoms with Gasteiger partial charge in [0.25, 0.3) is 11.7 Å². The molecule has 16 nitrogen and oxygen atoms in total. The highest BCUT2D eigenvalue weighted by atomic mass is 32.2. The SMILES string of the molecule is COC(=O)N[C@H](C(=O)N1CCC[C@H]1c1ncc(-c2ccc3c(c2)NC(=O)c2cc(-c4c[nH+]c([C@@H]5CCCN5C(=O)[C@@H](NC(=O)OC)C(C)C)[nH]4)ccc2S3)[nH]1)C(C)C. The van der Waals surface area contributed by atoms with Gasteiger partial charge in [-0.05, 0) is 67.9 Å². The van der Waals surface area contributed by atoms with Gasteiger partial charge in [0.2, 0.25) is 11.8 Å². The second-order valence-corrected chi connectivity index (χ2v) is 16.6. The summed E-state index contributed by atoms with van der Waals surface area (Å²) in [6, 6.07) is 9.68. The van der Waals surface area contributed by atoms with E-state index in [1.807, 2.05) is 70.3 Å². The Balaban J connectivity index is 1.06. The maximum absolute atomic E-state index is 13.8. The van der Waals surface area contributed by atoms with Gasteiger partial charge < -0.3 is 40.2 Å². The minimum absolute atomic E-state index is 0.134. The van der Waals surface area contributed by atoms with Crippen LogP contribution in [0.3, 0.4) is 0 Å². The molecule has 2 aromatic heterocycles. The summed E-state index contributed by atoms with van der Waals surface area (Å²) in [5.41, 5.74) is 4.33. The molecule has 3 aliphatic rings. The lowest BCUT2D eigenvalue weighted by molar-refractivity contribution is -0.393. The van der Waals surface area contributed by atoms with Gasteiger partial charge in [0.15, 0.2) is 5.69 Å². The third-order valence-corrected chi connectivity index (χ3v) is 12.2. The fourth-order valence-electron chi connectivity index (χ4n) is 7.91. The van der Waals surface area contributed by atoms with E-state index in [-0.39, 0.29) is 41.6 Å². The Kier molecular flexibility index (Phi) is 11.8. The first kappa shape index (κ1) is 40.4. The summed E-state index contributed by atoms with van der Waals surface area (Å²) < 4.78 is 9.52. The van der Waals surface area contributed by atoms with Crippen LogP contribution in [0.4, 0.5) is 15.3 Å². The van der Waals surface area contributed by atoms with E-state index in [9.17, 15) is 24.0 Å². The number of imidazole rings is 2. The van der Waals surface area contributed by atoms with Crippen LogP contribution in [0.25, 0.3) is 22.5 Å². The number of rotatable bonds is 10. The number of hydrogen-bond donors (Lipinski definition) is 5. The number of ether oxygens (including phenoxy) is 2. The second kappa shape index (κ2) is 16.9. The predicted molar refractivity (Wildman–Crippen MR) is 215 cm³/mol. The minimum Gasteiger partial charge on any atom is -0.453 e. The fourth-order valence-corrected chi connectivity index (χ4v) is 8.90. The molecule has 2 saturated heterocycles. The van der Waals surface area contributed by atoms with Crippen molar-refractivity contribution in [3.63, 3.8) is 0 Å². The van der Waals surface area contributed by atoms with Gasteiger partial charge in [-0.25, -0.2) is 24.5 Å². The largest absolute Gasteiger partial charge is 0.453 e. The zero-order valence-electron chi connectivity index (χ0n) is 33.4. The molecule has 2 fully saturated rings. The average Bonchev–Trinajstić information content (AvgIpc) is 4.05. The van der Waals surface area contributed by atoms with Crippen LogP contribution in [0.15, 0.2) is 58.6 Å². The lowest BCUT2D eigenvalue weighted by Gasteiger charge is -2.30. The van der Waals surface area contributed by atoms with Crippen LogP contribution in [0.1, 0.15) is 87.5 Å². The van der Waals surface area contributed by atoms with Crippen molar-refractivity contribution in [3.05, 3.63) is 66.0 Å². The van der Waals surface area contributed by atoms with Crippen molar-refractivity contribution in [2.75, 3.05) is 32.6 Å². The molecule has 5 amide bonds. The molecule has 0 spiro atoms. The molecule has 0 unspecified atom stereocenters. The molecule has 4 atom stereocenters. The van der Waals surface area contributed by atoms with Crippen molar-refractivity contribution in [1.82, 2.24) is 35.4 Å². The van der Waals surface area contributed by atoms with Gasteiger partial charge in [0, 0.05) is 34.0 Å². The van der Waals surface area contributed by atoms with Gasteiger partial charge in [-0.15, -0.1) is 0 Å². The molecular formula is C41H50N9O7S+. The van der Waals surface area contributed by atoms with Crippen molar-refractivity contribution in [1.29, 1.82) is 0 Å². The highest BCUT2D eigenvalue weighted by Crippen LogP contribution is 2.42. The Morgan fingerprint density at radius 1 is 0.810 bits per heavy atom. The number of carbonyl (C=O) groups is 5. The van der Waals surface area contributed by atoms with Gasteiger partial charge in [-0.3, -0.25) is 14.4 Å². The van der Waals surface area contributed by atoms with Crippen LogP contribution in [-0.2, 0) is 19.1 Å². The number of fused-ring (bicyclic) bond motifs is 2. The van der Waals surface area contributed by atoms with Crippen LogP contribution >= 0.6 is 11.8 Å². The number of methoxy groups -OCH3 is 2. The Morgan fingerprint density at radius 3 is 2.02 bits per heavy atom. The highest BCUT2D eigenvalue weighted by Gasteiger charge is 2.40. The molecule has 2 aromatic carbocycles. The number of anilines is 1. The fraction of sp³-hybridized carbons (Fsp3) is 0.439. The molecule has 306 valence electrons. The third-order valence-electron chi connectivity index (χ3n) is 11.0. The maximum atomic E-state index is 13.8. The molecule has 5 heterocycles. The summed E-state index contributed by atoms with van der Waals surface area (Å²) in [7, 11) is 2.55. The number of carbonyl (C=O) groups excluding carboxylic acids is 5. The zero-order valence-corrected chi connectivity index (χ0v) is 34.2. The van der Waals surface area contributed by atoms with Crippen molar-refractivity contribution in [3.8, 4) is 22.5 Å². The summed E-state index contributed by atoms with van der Waals surface area (Å²) in [4.78, 5) is 85.2. The molecule has 17 heteroatoms. The van der Waals surface area contributed by atoms with Crippen molar-refractivity contribution in [2.45, 2.75) is 87.3 Å². The lowest BCUT2D eigenvalue weighted by Crippen LogP contribution is -2.51. The Labute approximate surface area is 340 Å². The number of nitrogens with zero attached hydrogens (tertiary/aromatic N) is 3.